The number of nitrogens with zero attached hydrogens (tertiary/aromatic N) is 1. The van der Waals surface area contributed by atoms with Gasteiger partial charge in [-0.15, -0.1) is 0 Å². The van der Waals surface area contributed by atoms with Gasteiger partial charge in [0.1, 0.15) is 5.75 Å². The van der Waals surface area contributed by atoms with Gasteiger partial charge in [0.25, 0.3) is 5.91 Å². The molecule has 146 valence electrons. The molecule has 2 aliphatic rings. The van der Waals surface area contributed by atoms with Gasteiger partial charge in [-0.25, -0.2) is 0 Å². The van der Waals surface area contributed by atoms with Crippen LogP contribution in [0, 0.1) is 12.8 Å². The number of anilines is 2. The van der Waals surface area contributed by atoms with Gasteiger partial charge >= 0.3 is 0 Å². The number of hydrogen-bond acceptors (Lipinski definition) is 4. The fraction of sp³-hybridized carbons (Fsp3) is 0.348. The largest absolute Gasteiger partial charge is 0.493 e. The van der Waals surface area contributed by atoms with E-state index in [0.29, 0.717) is 11.5 Å². The fourth-order valence-electron chi connectivity index (χ4n) is 4.00. The molecule has 0 radical (unpaired) electrons. The smallest absolute Gasteiger partial charge is 0.257 e. The highest BCUT2D eigenvalue weighted by molar-refractivity contribution is 6.32. The molecule has 1 fully saturated rings. The average Bonchev–Trinajstić information content (AvgIpc) is 3.02. The van der Waals surface area contributed by atoms with Crippen molar-refractivity contribution in [3.8, 4) is 5.75 Å². The summed E-state index contributed by atoms with van der Waals surface area (Å²) < 4.78 is 5.97. The number of ether oxygens (including phenoxy) is 1. The first-order valence-electron chi connectivity index (χ1n) is 9.89. The van der Waals surface area contributed by atoms with Crippen LogP contribution in [0.2, 0.25) is 0 Å². The Labute approximate surface area is 166 Å². The number of fused-ring (bicyclic) bond motifs is 1. The third-order valence-electron chi connectivity index (χ3n) is 5.48. The molecule has 2 heterocycles. The molecule has 0 aliphatic carbocycles. The highest BCUT2D eigenvalue weighted by atomic mass is 16.5. The molecule has 5 nitrogen and oxygen atoms in total. The lowest BCUT2D eigenvalue weighted by molar-refractivity contribution is -0.110. The molecule has 0 spiro atoms. The maximum absolute atomic E-state index is 12.3. The molecule has 5 heteroatoms. The minimum atomic E-state index is -0.0748. The number of benzene rings is 2. The van der Waals surface area contributed by atoms with Crippen LogP contribution in [-0.4, -0.2) is 37.6 Å². The van der Waals surface area contributed by atoms with Crippen LogP contribution in [0.4, 0.5) is 11.4 Å². The number of hydrogen-bond donors (Lipinski definition) is 2. The Bertz CT molecular complexity index is 889. The molecule has 2 N–H and O–H groups in total. The van der Waals surface area contributed by atoms with Crippen molar-refractivity contribution in [3.63, 3.8) is 0 Å². The summed E-state index contributed by atoms with van der Waals surface area (Å²) in [6.07, 6.45) is 4.26. The summed E-state index contributed by atoms with van der Waals surface area (Å²) in [5, 5.41) is 6.15. The van der Waals surface area contributed by atoms with E-state index in [-0.39, 0.29) is 5.91 Å². The molecule has 4 rings (SSSR count). The first kappa shape index (κ1) is 18.6. The lowest BCUT2D eigenvalue weighted by atomic mass is 10.00. The summed E-state index contributed by atoms with van der Waals surface area (Å²) in [5.41, 5.74) is 4.51. The number of amides is 1. The summed E-state index contributed by atoms with van der Waals surface area (Å²) >= 11 is 0. The van der Waals surface area contributed by atoms with Crippen molar-refractivity contribution in [2.45, 2.75) is 19.8 Å². The number of carbonyl (C=O) groups is 1. The van der Waals surface area contributed by atoms with Crippen molar-refractivity contribution in [3.05, 3.63) is 59.8 Å². The van der Waals surface area contributed by atoms with E-state index in [9.17, 15) is 4.79 Å². The minimum Gasteiger partial charge on any atom is -0.493 e. The van der Waals surface area contributed by atoms with Gasteiger partial charge in [-0.05, 0) is 69.3 Å². The number of carbonyl (C=O) groups excluding carboxylic acids is 1. The van der Waals surface area contributed by atoms with Crippen LogP contribution in [0.3, 0.4) is 0 Å². The molecular formula is C23H27N3O2. The average molecular weight is 377 g/mol. The Morgan fingerprint density at radius 1 is 1.25 bits per heavy atom. The quantitative estimate of drug-likeness (QED) is 0.770. The van der Waals surface area contributed by atoms with Crippen LogP contribution in [0.5, 0.6) is 5.75 Å². The van der Waals surface area contributed by atoms with Crippen LogP contribution >= 0.6 is 0 Å². The number of rotatable bonds is 5. The highest BCUT2D eigenvalue weighted by Gasteiger charge is 2.25. The number of likely N-dealkylation sites (tertiary alicyclic amines) is 1. The van der Waals surface area contributed by atoms with E-state index in [1.807, 2.05) is 49.4 Å². The topological polar surface area (TPSA) is 53.6 Å². The van der Waals surface area contributed by atoms with E-state index in [4.69, 9.17) is 4.74 Å². The van der Waals surface area contributed by atoms with Gasteiger partial charge in [-0.1, -0.05) is 12.1 Å². The molecule has 0 bridgehead atoms. The van der Waals surface area contributed by atoms with Crippen LogP contribution in [0.25, 0.3) is 5.57 Å². The van der Waals surface area contributed by atoms with Crippen molar-refractivity contribution in [1.82, 2.24) is 4.90 Å². The van der Waals surface area contributed by atoms with Crippen molar-refractivity contribution in [1.29, 1.82) is 0 Å². The van der Waals surface area contributed by atoms with Gasteiger partial charge < -0.3 is 20.3 Å². The predicted octanol–water partition coefficient (Wildman–Crippen LogP) is 4.12. The maximum Gasteiger partial charge on any atom is 0.257 e. The Morgan fingerprint density at radius 3 is 2.86 bits per heavy atom. The summed E-state index contributed by atoms with van der Waals surface area (Å²) in [6.45, 7) is 5.07. The first-order valence-corrected chi connectivity index (χ1v) is 9.89. The third-order valence-corrected chi connectivity index (χ3v) is 5.48. The van der Waals surface area contributed by atoms with E-state index in [0.717, 1.165) is 41.4 Å². The zero-order valence-corrected chi connectivity index (χ0v) is 16.5. The van der Waals surface area contributed by atoms with E-state index in [1.54, 1.807) is 6.20 Å². The third kappa shape index (κ3) is 4.04. The van der Waals surface area contributed by atoms with Gasteiger partial charge in [0.2, 0.25) is 0 Å². The Morgan fingerprint density at radius 2 is 2.07 bits per heavy atom. The minimum absolute atomic E-state index is 0.0748. The molecule has 2 aromatic rings. The zero-order valence-electron chi connectivity index (χ0n) is 16.5. The van der Waals surface area contributed by atoms with Gasteiger partial charge in [0.15, 0.2) is 0 Å². The standard InChI is InChI=1S/C23H27N3O2/c1-16-5-3-7-21-22(16)20(23(27)25-21)13-24-18-8-10-19(11-9-18)28-15-17-6-4-12-26(2)14-17/h3,5,7-11,13,17,24H,4,6,12,14-15H2,1-2H3,(H,25,27). The van der Waals surface area contributed by atoms with E-state index >= 15 is 0 Å². The first-order chi connectivity index (χ1) is 13.6. The molecule has 28 heavy (non-hydrogen) atoms. The normalized spacial score (nSPS) is 20.7. The summed E-state index contributed by atoms with van der Waals surface area (Å²) in [7, 11) is 2.17. The van der Waals surface area contributed by atoms with Gasteiger partial charge in [0.05, 0.1) is 12.2 Å². The Balaban J connectivity index is 1.38. The molecule has 2 aromatic carbocycles. The van der Waals surface area contributed by atoms with Crippen LogP contribution in [0.1, 0.15) is 24.0 Å². The molecule has 1 amide bonds. The van der Waals surface area contributed by atoms with Crippen LogP contribution in [0.15, 0.2) is 48.7 Å². The van der Waals surface area contributed by atoms with E-state index in [1.165, 1.54) is 19.4 Å². The predicted molar refractivity (Wildman–Crippen MR) is 114 cm³/mol. The molecule has 2 aliphatic heterocycles. The molecule has 1 atom stereocenters. The van der Waals surface area contributed by atoms with Crippen molar-refractivity contribution < 1.29 is 9.53 Å². The number of aryl methyl sites for hydroxylation is 1. The Hall–Kier alpha value is -2.79. The summed E-state index contributed by atoms with van der Waals surface area (Å²) in [4.78, 5) is 14.6. The molecule has 0 saturated carbocycles. The number of piperidine rings is 1. The molecular weight excluding hydrogens is 350 g/mol. The Kier molecular flexibility index (Phi) is 5.35. The van der Waals surface area contributed by atoms with Gasteiger partial charge in [-0.3, -0.25) is 4.79 Å². The second kappa shape index (κ2) is 8.07. The number of nitrogens with one attached hydrogen (secondary N) is 2. The molecule has 0 aromatic heterocycles. The van der Waals surface area contributed by atoms with Crippen LogP contribution < -0.4 is 15.4 Å². The van der Waals surface area contributed by atoms with Crippen LogP contribution in [-0.2, 0) is 4.79 Å². The second-order valence-electron chi connectivity index (χ2n) is 7.76. The fourth-order valence-corrected chi connectivity index (χ4v) is 4.00. The van der Waals surface area contributed by atoms with Gasteiger partial charge in [0, 0.05) is 35.6 Å². The zero-order chi connectivity index (χ0) is 19.5. The van der Waals surface area contributed by atoms with E-state index < -0.39 is 0 Å². The monoisotopic (exact) mass is 377 g/mol. The van der Waals surface area contributed by atoms with E-state index in [2.05, 4.69) is 22.6 Å². The lowest BCUT2D eigenvalue weighted by Gasteiger charge is -2.29. The highest BCUT2D eigenvalue weighted by Crippen LogP contribution is 2.34. The maximum atomic E-state index is 12.3. The SMILES string of the molecule is Cc1cccc2c1C(=CNc1ccc(OCC3CCCN(C)C3)cc1)C(=O)N2. The second-order valence-corrected chi connectivity index (χ2v) is 7.76. The van der Waals surface area contributed by atoms with Crippen molar-refractivity contribution in [2.75, 3.05) is 37.4 Å². The van der Waals surface area contributed by atoms with Gasteiger partial charge in [-0.2, -0.15) is 0 Å². The van der Waals surface area contributed by atoms with Crippen molar-refractivity contribution >= 4 is 22.9 Å². The molecule has 1 saturated heterocycles. The van der Waals surface area contributed by atoms with Crippen molar-refractivity contribution in [2.24, 2.45) is 5.92 Å². The summed E-state index contributed by atoms with van der Waals surface area (Å²) in [5.74, 6) is 1.41. The molecule has 1 unspecified atom stereocenters. The summed E-state index contributed by atoms with van der Waals surface area (Å²) in [6, 6.07) is 13.8. The lowest BCUT2D eigenvalue weighted by Crippen LogP contribution is -2.34.